The number of aryl methyl sites for hydroxylation is 1. The minimum atomic E-state index is -0.467. The van der Waals surface area contributed by atoms with E-state index in [1.165, 1.54) is 0 Å². The molecule has 1 amide bonds. The van der Waals surface area contributed by atoms with Crippen LogP contribution in [-0.2, 0) is 0 Å². The zero-order chi connectivity index (χ0) is 23.5. The lowest BCUT2D eigenvalue weighted by atomic mass is 10.1. The first-order valence-electron chi connectivity index (χ1n) is 11.0. The molecule has 0 bridgehead atoms. The summed E-state index contributed by atoms with van der Waals surface area (Å²) < 4.78 is 7.11. The molecule has 0 fully saturated rings. The molecule has 0 aliphatic heterocycles. The number of carbonyl (C=O) groups excluding carboxylic acids is 1. The van der Waals surface area contributed by atoms with Crippen LogP contribution in [0.3, 0.4) is 0 Å². The Bertz CT molecular complexity index is 1360. The van der Waals surface area contributed by atoms with Crippen molar-refractivity contribution in [3.05, 3.63) is 100 Å². The van der Waals surface area contributed by atoms with E-state index in [0.29, 0.717) is 40.3 Å². The third kappa shape index (κ3) is 4.12. The molecule has 6 nitrogen and oxygen atoms in total. The van der Waals surface area contributed by atoms with Gasteiger partial charge in [-0.3, -0.25) is 14.2 Å². The Morgan fingerprint density at radius 3 is 2.39 bits per heavy atom. The summed E-state index contributed by atoms with van der Waals surface area (Å²) in [6.07, 6.45) is 0. The van der Waals surface area contributed by atoms with E-state index in [2.05, 4.69) is 0 Å². The molecule has 1 aromatic heterocycles. The Morgan fingerprint density at radius 1 is 1.03 bits per heavy atom. The summed E-state index contributed by atoms with van der Waals surface area (Å²) in [6.45, 7) is 6.27. The number of nitrogens with zero attached hydrogens (tertiary/aromatic N) is 3. The van der Waals surface area contributed by atoms with Crippen LogP contribution < -0.4 is 10.3 Å². The van der Waals surface area contributed by atoms with Crippen LogP contribution in [0.4, 0.5) is 0 Å². The van der Waals surface area contributed by atoms with E-state index in [1.807, 2.05) is 81.4 Å². The Hall–Kier alpha value is -3.93. The molecule has 0 radical (unpaired) electrons. The van der Waals surface area contributed by atoms with Crippen molar-refractivity contribution in [1.29, 1.82) is 0 Å². The van der Waals surface area contributed by atoms with E-state index in [1.54, 1.807) is 28.7 Å². The van der Waals surface area contributed by atoms with Crippen LogP contribution in [0.25, 0.3) is 16.6 Å². The molecule has 1 unspecified atom stereocenters. The second-order valence-corrected chi connectivity index (χ2v) is 7.93. The van der Waals surface area contributed by atoms with Crippen molar-refractivity contribution in [1.82, 2.24) is 14.5 Å². The highest BCUT2D eigenvalue weighted by molar-refractivity contribution is 5.94. The zero-order valence-corrected chi connectivity index (χ0v) is 19.3. The maximum Gasteiger partial charge on any atom is 0.266 e. The molecule has 0 aliphatic rings. The van der Waals surface area contributed by atoms with Gasteiger partial charge in [-0.15, -0.1) is 0 Å². The van der Waals surface area contributed by atoms with Crippen molar-refractivity contribution in [2.75, 3.05) is 13.7 Å². The summed E-state index contributed by atoms with van der Waals surface area (Å²) >= 11 is 0. The van der Waals surface area contributed by atoms with Gasteiger partial charge in [0.05, 0.1) is 29.7 Å². The number of para-hydroxylation sites is 3. The standard InChI is InChI=1S/C27H27N3O3/c1-5-29(26(31)20-16-14-18(2)15-17-20)19(3)25-28-22-11-7-6-10-21(22)27(32)30(25)23-12-8-9-13-24(23)33-4/h6-17,19H,5H2,1-4H3. The summed E-state index contributed by atoms with van der Waals surface area (Å²) in [5, 5.41) is 0.507. The summed E-state index contributed by atoms with van der Waals surface area (Å²) in [4.78, 5) is 33.7. The second-order valence-electron chi connectivity index (χ2n) is 7.93. The van der Waals surface area contributed by atoms with Gasteiger partial charge in [-0.25, -0.2) is 4.98 Å². The van der Waals surface area contributed by atoms with Crippen molar-refractivity contribution >= 4 is 16.8 Å². The molecule has 0 aliphatic carbocycles. The predicted octanol–water partition coefficient (Wildman–Crippen LogP) is 4.93. The third-order valence-corrected chi connectivity index (χ3v) is 5.87. The van der Waals surface area contributed by atoms with Gasteiger partial charge in [-0.05, 0) is 57.2 Å². The maximum absolute atomic E-state index is 13.7. The number of rotatable bonds is 6. The largest absolute Gasteiger partial charge is 0.495 e. The average Bonchev–Trinajstić information content (AvgIpc) is 2.84. The molecule has 168 valence electrons. The van der Waals surface area contributed by atoms with E-state index >= 15 is 0 Å². The molecule has 0 spiro atoms. The van der Waals surface area contributed by atoms with Gasteiger partial charge in [-0.2, -0.15) is 0 Å². The smallest absolute Gasteiger partial charge is 0.266 e. The van der Waals surface area contributed by atoms with Crippen molar-refractivity contribution in [3.63, 3.8) is 0 Å². The van der Waals surface area contributed by atoms with Gasteiger partial charge in [0.15, 0.2) is 0 Å². The molecule has 1 atom stereocenters. The first-order chi connectivity index (χ1) is 16.0. The van der Waals surface area contributed by atoms with E-state index < -0.39 is 6.04 Å². The fourth-order valence-electron chi connectivity index (χ4n) is 4.07. The molecular formula is C27H27N3O3. The summed E-state index contributed by atoms with van der Waals surface area (Å²) in [7, 11) is 1.57. The Morgan fingerprint density at radius 2 is 1.70 bits per heavy atom. The SMILES string of the molecule is CCN(C(=O)c1ccc(C)cc1)C(C)c1nc2ccccc2c(=O)n1-c1ccccc1OC. The quantitative estimate of drug-likeness (QED) is 0.426. The van der Waals surface area contributed by atoms with Gasteiger partial charge in [0.1, 0.15) is 11.6 Å². The molecular weight excluding hydrogens is 414 g/mol. The van der Waals surface area contributed by atoms with Crippen LogP contribution in [0.1, 0.15) is 41.6 Å². The van der Waals surface area contributed by atoms with Crippen molar-refractivity contribution in [2.45, 2.75) is 26.8 Å². The topological polar surface area (TPSA) is 64.4 Å². The average molecular weight is 442 g/mol. The van der Waals surface area contributed by atoms with Crippen LogP contribution in [0.15, 0.2) is 77.6 Å². The Labute approximate surface area is 193 Å². The van der Waals surface area contributed by atoms with E-state index in [9.17, 15) is 9.59 Å². The minimum absolute atomic E-state index is 0.112. The van der Waals surface area contributed by atoms with Crippen LogP contribution in [0.5, 0.6) is 5.75 Å². The second kappa shape index (κ2) is 9.28. The highest BCUT2D eigenvalue weighted by Crippen LogP contribution is 2.28. The van der Waals surface area contributed by atoms with Gasteiger partial charge in [0.25, 0.3) is 11.5 Å². The predicted molar refractivity (Wildman–Crippen MR) is 130 cm³/mol. The molecule has 33 heavy (non-hydrogen) atoms. The Kier molecular flexibility index (Phi) is 6.27. The highest BCUT2D eigenvalue weighted by atomic mass is 16.5. The summed E-state index contributed by atoms with van der Waals surface area (Å²) in [6, 6.07) is 21.6. The Balaban J connectivity index is 1.92. The van der Waals surface area contributed by atoms with Crippen LogP contribution >= 0.6 is 0 Å². The third-order valence-electron chi connectivity index (χ3n) is 5.87. The van der Waals surface area contributed by atoms with Gasteiger partial charge in [0.2, 0.25) is 0 Å². The summed E-state index contributed by atoms with van der Waals surface area (Å²) in [5.41, 5.74) is 2.66. The van der Waals surface area contributed by atoms with Crippen molar-refractivity contribution < 1.29 is 9.53 Å². The number of carbonyl (C=O) groups is 1. The first kappa shape index (κ1) is 22.3. The lowest BCUT2D eigenvalue weighted by Gasteiger charge is -2.30. The van der Waals surface area contributed by atoms with Gasteiger partial charge < -0.3 is 9.64 Å². The number of ether oxygens (including phenoxy) is 1. The minimum Gasteiger partial charge on any atom is -0.495 e. The normalized spacial score (nSPS) is 11.9. The number of benzene rings is 3. The number of methoxy groups -OCH3 is 1. The van der Waals surface area contributed by atoms with E-state index in [4.69, 9.17) is 9.72 Å². The number of amides is 1. The van der Waals surface area contributed by atoms with E-state index in [-0.39, 0.29) is 11.5 Å². The maximum atomic E-state index is 13.7. The molecule has 4 rings (SSSR count). The number of hydrogen-bond donors (Lipinski definition) is 0. The molecule has 0 saturated heterocycles. The van der Waals surface area contributed by atoms with Crippen LogP contribution in [0.2, 0.25) is 0 Å². The lowest BCUT2D eigenvalue weighted by Crippen LogP contribution is -2.37. The van der Waals surface area contributed by atoms with Crippen LogP contribution in [-0.4, -0.2) is 34.0 Å². The molecule has 1 heterocycles. The van der Waals surface area contributed by atoms with Gasteiger partial charge >= 0.3 is 0 Å². The highest BCUT2D eigenvalue weighted by Gasteiger charge is 2.27. The van der Waals surface area contributed by atoms with E-state index in [0.717, 1.165) is 5.56 Å². The fourth-order valence-corrected chi connectivity index (χ4v) is 4.07. The van der Waals surface area contributed by atoms with Crippen LogP contribution in [0, 0.1) is 6.92 Å². The molecule has 0 saturated carbocycles. The van der Waals surface area contributed by atoms with Crippen molar-refractivity contribution in [2.24, 2.45) is 0 Å². The first-order valence-corrected chi connectivity index (χ1v) is 11.0. The van der Waals surface area contributed by atoms with Gasteiger partial charge in [-0.1, -0.05) is 42.0 Å². The molecule has 0 N–H and O–H groups in total. The monoisotopic (exact) mass is 441 g/mol. The number of fused-ring (bicyclic) bond motifs is 1. The molecule has 3 aromatic carbocycles. The lowest BCUT2D eigenvalue weighted by molar-refractivity contribution is 0.0693. The molecule has 6 heteroatoms. The number of hydrogen-bond acceptors (Lipinski definition) is 4. The number of aromatic nitrogens is 2. The molecule has 4 aromatic rings. The van der Waals surface area contributed by atoms with Gasteiger partial charge in [0, 0.05) is 12.1 Å². The zero-order valence-electron chi connectivity index (χ0n) is 19.3. The summed E-state index contributed by atoms with van der Waals surface area (Å²) in [5.74, 6) is 0.919. The fraction of sp³-hybridized carbons (Fsp3) is 0.222. The van der Waals surface area contributed by atoms with Crippen molar-refractivity contribution in [3.8, 4) is 11.4 Å².